The molecule has 0 atom stereocenters. The summed E-state index contributed by atoms with van der Waals surface area (Å²) in [4.78, 5) is 2.52. The quantitative estimate of drug-likeness (QED) is 0.249. The van der Waals surface area contributed by atoms with E-state index in [1.165, 1.54) is 88.2 Å². The van der Waals surface area contributed by atoms with Crippen molar-refractivity contribution in [2.45, 2.75) is 120 Å². The van der Waals surface area contributed by atoms with E-state index in [1.807, 2.05) is 58.0 Å². The maximum atomic E-state index is 4.61. The molecule has 0 aromatic heterocycles. The molecule has 4 rings (SSSR count). The normalized spacial score (nSPS) is 16.2. The van der Waals surface area contributed by atoms with Gasteiger partial charge in [0.15, 0.2) is 0 Å². The third-order valence-corrected chi connectivity index (χ3v) is 7.94. The topological polar surface area (TPSA) is 29.3 Å². The van der Waals surface area contributed by atoms with Gasteiger partial charge in [0, 0.05) is 29.7 Å². The van der Waals surface area contributed by atoms with Crippen molar-refractivity contribution in [3.05, 3.63) is 95.8 Å². The molecule has 0 spiro atoms. The van der Waals surface area contributed by atoms with Crippen LogP contribution >= 0.6 is 0 Å². The molecule has 2 heteroatoms. The molecule has 47 heavy (non-hydrogen) atoms. The largest absolute Gasteiger partial charge is 0.405 e. The highest BCUT2D eigenvalue weighted by Crippen LogP contribution is 2.39. The number of nitrogens with zero attached hydrogens (tertiary/aromatic N) is 1. The number of terminal acetylenes is 1. The Morgan fingerprint density at radius 2 is 1.62 bits per heavy atom. The fourth-order valence-electron chi connectivity index (χ4n) is 5.35. The molecular formula is C45H68N2. The van der Waals surface area contributed by atoms with Gasteiger partial charge < -0.3 is 5.73 Å². The molecule has 1 aromatic carbocycles. The average Bonchev–Trinajstić information content (AvgIpc) is 3.33. The van der Waals surface area contributed by atoms with E-state index in [-0.39, 0.29) is 0 Å². The van der Waals surface area contributed by atoms with Crippen molar-refractivity contribution in [3.8, 4) is 36.5 Å². The van der Waals surface area contributed by atoms with Crippen LogP contribution in [0.1, 0.15) is 125 Å². The first kappa shape index (κ1) is 45.5. The van der Waals surface area contributed by atoms with Crippen LogP contribution in [0.3, 0.4) is 0 Å². The van der Waals surface area contributed by atoms with E-state index < -0.39 is 0 Å². The Morgan fingerprint density at radius 3 is 2.19 bits per heavy atom. The lowest BCUT2D eigenvalue weighted by molar-refractivity contribution is 0.201. The molecule has 0 bridgehead atoms. The molecule has 2 fully saturated rings. The number of benzene rings is 1. The second-order valence-electron chi connectivity index (χ2n) is 12.2. The van der Waals surface area contributed by atoms with Gasteiger partial charge in [-0.1, -0.05) is 139 Å². The van der Waals surface area contributed by atoms with Crippen molar-refractivity contribution in [1.82, 2.24) is 4.90 Å². The molecule has 2 N–H and O–H groups in total. The lowest BCUT2D eigenvalue weighted by Crippen LogP contribution is -2.34. The van der Waals surface area contributed by atoms with Gasteiger partial charge in [0.1, 0.15) is 0 Å². The number of hydrogen-bond donors (Lipinski definition) is 1. The smallest absolute Gasteiger partial charge is 0.0313 e. The van der Waals surface area contributed by atoms with E-state index >= 15 is 0 Å². The summed E-state index contributed by atoms with van der Waals surface area (Å²) in [6.07, 6.45) is 33.6. The third-order valence-electron chi connectivity index (χ3n) is 7.94. The Balaban J connectivity index is 0. The van der Waals surface area contributed by atoms with Crippen molar-refractivity contribution in [3.63, 3.8) is 0 Å². The molecule has 1 saturated heterocycles. The van der Waals surface area contributed by atoms with Gasteiger partial charge in [-0.05, 0) is 101 Å². The van der Waals surface area contributed by atoms with Crippen molar-refractivity contribution in [2.24, 2.45) is 17.1 Å². The summed E-state index contributed by atoms with van der Waals surface area (Å²) >= 11 is 0. The number of allylic oxidation sites excluding steroid dienone is 7. The molecule has 258 valence electrons. The van der Waals surface area contributed by atoms with Crippen molar-refractivity contribution < 1.29 is 0 Å². The summed E-state index contributed by atoms with van der Waals surface area (Å²) in [5.41, 5.74) is 9.97. The Bertz CT molecular complexity index is 1180. The lowest BCUT2D eigenvalue weighted by Gasteiger charge is -2.33. The second kappa shape index (κ2) is 31.0. The number of likely N-dealkylation sites (tertiary alicyclic amines) is 1. The first-order valence-corrected chi connectivity index (χ1v) is 18.0. The monoisotopic (exact) mass is 637 g/mol. The highest BCUT2D eigenvalue weighted by atomic mass is 15.1. The van der Waals surface area contributed by atoms with Crippen molar-refractivity contribution in [1.29, 1.82) is 0 Å². The predicted octanol–water partition coefficient (Wildman–Crippen LogP) is 11.7. The van der Waals surface area contributed by atoms with Crippen LogP contribution in [0, 0.1) is 47.9 Å². The van der Waals surface area contributed by atoms with Crippen LogP contribution in [0.5, 0.6) is 0 Å². The number of nitrogens with two attached hydrogens (primary N) is 1. The van der Waals surface area contributed by atoms with Crippen LogP contribution in [0.15, 0.2) is 90.2 Å². The molecule has 2 nitrogen and oxygen atoms in total. The maximum absolute atomic E-state index is 4.61. The van der Waals surface area contributed by atoms with E-state index in [2.05, 4.69) is 112 Å². The number of rotatable bonds is 6. The third kappa shape index (κ3) is 24.2. The first-order valence-electron chi connectivity index (χ1n) is 18.0. The van der Waals surface area contributed by atoms with Gasteiger partial charge in [-0.3, -0.25) is 4.90 Å². The number of piperidine rings is 1. The fraction of sp³-hybridized carbons (Fsp3) is 0.511. The summed E-state index contributed by atoms with van der Waals surface area (Å²) in [6, 6.07) is 10.1. The van der Waals surface area contributed by atoms with Gasteiger partial charge in [-0.25, -0.2) is 0 Å². The lowest BCUT2D eigenvalue weighted by atomic mass is 9.73. The zero-order chi connectivity index (χ0) is 35.8. The summed E-state index contributed by atoms with van der Waals surface area (Å²) in [7, 11) is 0. The zero-order valence-electron chi connectivity index (χ0n) is 31.5. The van der Waals surface area contributed by atoms with E-state index in [1.54, 1.807) is 0 Å². The average molecular weight is 637 g/mol. The maximum Gasteiger partial charge on any atom is 0.0313 e. The minimum absolute atomic E-state index is 0.646. The highest BCUT2D eigenvalue weighted by Gasteiger charge is 2.25. The molecule has 1 aliphatic heterocycles. The fourth-order valence-corrected chi connectivity index (χ4v) is 5.35. The molecule has 0 unspecified atom stereocenters. The summed E-state index contributed by atoms with van der Waals surface area (Å²) in [6.45, 7) is 23.6. The summed E-state index contributed by atoms with van der Waals surface area (Å²) in [5, 5.41) is 0. The van der Waals surface area contributed by atoms with Gasteiger partial charge in [-0.15, -0.1) is 12.8 Å². The van der Waals surface area contributed by atoms with Gasteiger partial charge in [0.2, 0.25) is 0 Å². The molecule has 1 saturated carbocycles. The van der Waals surface area contributed by atoms with Gasteiger partial charge in [-0.2, -0.15) is 0 Å². The molecule has 3 aliphatic rings. The molecule has 0 amide bonds. The molecule has 1 aromatic rings. The second-order valence-corrected chi connectivity index (χ2v) is 12.2. The first-order chi connectivity index (χ1) is 22.8. The van der Waals surface area contributed by atoms with E-state index in [0.717, 1.165) is 30.0 Å². The standard InChI is InChI=1S/C22H23N.C15H26.C2H5N.2C2H6.C2H2/c1-19-13-15-23(16-14-19)18-22-10-6-5-9-21(17-22)12-11-20-7-3-2-4-8-20;1-14(2)10-6-4-7-11-15(3)12-8-5-9-13-15;1-2-3;3*1-2/h2-4,7-9,17,19H,5,13-16,18H2,1H3;4,6,10H,5,7-9,11-13H2,1-3H3;2H,1,3H2;2*1-2H3;1-2H/b;6-4-;;;;. The Morgan fingerprint density at radius 1 is 1.02 bits per heavy atom. The van der Waals surface area contributed by atoms with Crippen molar-refractivity contribution in [2.75, 3.05) is 19.6 Å². The number of hydrogen-bond acceptors (Lipinski definition) is 2. The summed E-state index contributed by atoms with van der Waals surface area (Å²) < 4.78 is 0. The van der Waals surface area contributed by atoms with Gasteiger partial charge in [0.25, 0.3) is 0 Å². The molecular weight excluding hydrogens is 569 g/mol. The van der Waals surface area contributed by atoms with Crippen LogP contribution in [-0.4, -0.2) is 24.5 Å². The van der Waals surface area contributed by atoms with Crippen molar-refractivity contribution >= 4 is 0 Å². The van der Waals surface area contributed by atoms with Gasteiger partial charge >= 0.3 is 0 Å². The zero-order valence-corrected chi connectivity index (χ0v) is 31.5. The Kier molecular flexibility index (Phi) is 30.0. The Hall–Kier alpha value is -3.64. The predicted molar refractivity (Wildman–Crippen MR) is 213 cm³/mol. The van der Waals surface area contributed by atoms with Crippen LogP contribution in [0.2, 0.25) is 0 Å². The summed E-state index contributed by atoms with van der Waals surface area (Å²) in [5.74, 6) is 13.9. The molecule has 1 heterocycles. The molecule has 2 aliphatic carbocycles. The minimum Gasteiger partial charge on any atom is -0.405 e. The van der Waals surface area contributed by atoms with Crippen LogP contribution in [-0.2, 0) is 0 Å². The minimum atomic E-state index is 0.646. The molecule has 0 radical (unpaired) electrons. The van der Waals surface area contributed by atoms with Crippen LogP contribution < -0.4 is 5.73 Å². The van der Waals surface area contributed by atoms with Gasteiger partial charge in [0.05, 0.1) is 0 Å². The van der Waals surface area contributed by atoms with E-state index in [9.17, 15) is 0 Å². The van der Waals surface area contributed by atoms with E-state index in [4.69, 9.17) is 0 Å². The van der Waals surface area contributed by atoms with Crippen LogP contribution in [0.25, 0.3) is 0 Å². The Labute approximate surface area is 292 Å². The highest BCUT2D eigenvalue weighted by molar-refractivity contribution is 5.50. The van der Waals surface area contributed by atoms with Crippen LogP contribution in [0.4, 0.5) is 0 Å². The van der Waals surface area contributed by atoms with E-state index in [0.29, 0.717) is 5.41 Å². The SMILES string of the molecule is C#C.C=CN.CC.CC.CC(C)=C/C=C\CCC1(C)CCCCC1.CC1CCN(CC2=CC(C#Cc3ccccc3)=CCC#C2)CC1.